The topological polar surface area (TPSA) is 210 Å². The van der Waals surface area contributed by atoms with Gasteiger partial charge in [-0.1, -0.05) is 0 Å². The molecule has 0 aliphatic heterocycles. The molecule has 0 radical (unpaired) electrons. The molecule has 0 aromatic carbocycles. The van der Waals surface area contributed by atoms with Gasteiger partial charge in [0.2, 0.25) is 0 Å². The molecule has 7 N–H and O–H groups in total. The summed E-state index contributed by atoms with van der Waals surface area (Å²) in [5.41, 5.74) is -2.74. The molecule has 0 aliphatic carbocycles. The van der Waals surface area contributed by atoms with Crippen LogP contribution in [0.5, 0.6) is 0 Å². The van der Waals surface area contributed by atoms with E-state index in [1.165, 1.54) is 0 Å². The van der Waals surface area contributed by atoms with Crippen molar-refractivity contribution < 1.29 is 54.1 Å². The molecule has 0 unspecified atom stereocenters. The molecule has 0 spiro atoms. The summed E-state index contributed by atoms with van der Waals surface area (Å²) >= 11 is 0. The van der Waals surface area contributed by atoms with Gasteiger partial charge in [-0.2, -0.15) is 0 Å². The van der Waals surface area contributed by atoms with Gasteiger partial charge in [0, 0.05) is 0 Å². The van der Waals surface area contributed by atoms with Crippen molar-refractivity contribution in [3.05, 3.63) is 0 Å². The zero-order chi connectivity index (χ0) is 15.1. The fourth-order valence-electron chi connectivity index (χ4n) is 0.714. The average molecular weight is 332 g/mol. The van der Waals surface area contributed by atoms with E-state index in [0.717, 1.165) is 0 Å². The normalized spacial score (nSPS) is 10.5. The van der Waals surface area contributed by atoms with Crippen LogP contribution in [0.2, 0.25) is 0 Å². The second kappa shape index (κ2) is 9.61. The molecule has 0 aromatic heterocycles. The number of hydrogen-bond acceptors (Lipinski definition) is 5. The summed E-state index contributed by atoms with van der Waals surface area (Å²) in [5.74, 6) is -5.02. The van der Waals surface area contributed by atoms with E-state index in [4.69, 9.17) is 39.7 Å². The first-order valence-corrected chi connectivity index (χ1v) is 5.52. The number of rotatable bonds is 5. The Bertz CT molecular complexity index is 349. The van der Waals surface area contributed by atoms with E-state index in [9.17, 15) is 14.4 Å². The SMILES string of the molecule is O=C(O)CC(O)(CC(=O)O)C(=O)O.O=P(O)(O)O.[CaH2]. The van der Waals surface area contributed by atoms with E-state index >= 15 is 0 Å². The van der Waals surface area contributed by atoms with Gasteiger partial charge in [0.15, 0.2) is 5.60 Å². The van der Waals surface area contributed by atoms with Gasteiger partial charge in [-0.05, 0) is 0 Å². The predicted molar refractivity (Wildman–Crippen MR) is 59.9 cm³/mol. The van der Waals surface area contributed by atoms with Crippen LogP contribution in [0, 0.1) is 0 Å². The molecule has 11 nitrogen and oxygen atoms in total. The molecule has 0 fully saturated rings. The molecule has 0 aromatic rings. The van der Waals surface area contributed by atoms with Crippen molar-refractivity contribution in [3.63, 3.8) is 0 Å². The number of aliphatic hydroxyl groups is 1. The first kappa shape index (κ1) is 23.8. The van der Waals surface area contributed by atoms with Crippen molar-refractivity contribution in [1.29, 1.82) is 0 Å². The molecule has 0 aliphatic rings. The third kappa shape index (κ3) is 17.7. The maximum atomic E-state index is 10.3. The van der Waals surface area contributed by atoms with E-state index in [1.54, 1.807) is 0 Å². The summed E-state index contributed by atoms with van der Waals surface area (Å²) in [6.45, 7) is 0. The Labute approximate surface area is 135 Å². The Morgan fingerprint density at radius 2 is 1.11 bits per heavy atom. The maximum absolute atomic E-state index is 10.3. The second-order valence-electron chi connectivity index (χ2n) is 2.99. The van der Waals surface area contributed by atoms with Crippen molar-refractivity contribution in [3.8, 4) is 0 Å². The van der Waals surface area contributed by atoms with E-state index in [2.05, 4.69) is 0 Å². The van der Waals surface area contributed by atoms with Crippen LogP contribution in [-0.2, 0) is 18.9 Å². The molecule has 0 saturated heterocycles. The Morgan fingerprint density at radius 3 is 1.21 bits per heavy atom. The van der Waals surface area contributed by atoms with E-state index in [-0.39, 0.29) is 37.7 Å². The molecule has 0 heterocycles. The molecule has 110 valence electrons. The number of carboxylic acid groups (broad SMARTS) is 3. The number of hydrogen-bond donors (Lipinski definition) is 7. The van der Waals surface area contributed by atoms with Crippen molar-refractivity contribution in [2.45, 2.75) is 18.4 Å². The summed E-state index contributed by atoms with van der Waals surface area (Å²) in [5, 5.41) is 33.8. The van der Waals surface area contributed by atoms with Crippen molar-refractivity contribution in [1.82, 2.24) is 0 Å². The zero-order valence-corrected chi connectivity index (χ0v) is 9.52. The Hall–Kier alpha value is -0.260. The molecule has 0 saturated carbocycles. The predicted octanol–water partition coefficient (Wildman–Crippen LogP) is -3.09. The van der Waals surface area contributed by atoms with E-state index in [0.29, 0.717) is 0 Å². The van der Waals surface area contributed by atoms with Gasteiger partial charge in [-0.3, -0.25) is 9.59 Å². The van der Waals surface area contributed by atoms with Crippen LogP contribution in [0.3, 0.4) is 0 Å². The second-order valence-corrected chi connectivity index (χ2v) is 4.02. The van der Waals surface area contributed by atoms with Crippen molar-refractivity contribution >= 4 is 63.5 Å². The first-order valence-electron chi connectivity index (χ1n) is 3.95. The van der Waals surface area contributed by atoms with Gasteiger partial charge in [0.25, 0.3) is 0 Å². The van der Waals surface area contributed by atoms with Gasteiger partial charge in [0.1, 0.15) is 0 Å². The number of carboxylic acids is 3. The Balaban J connectivity index is -0.000000366. The summed E-state index contributed by atoms with van der Waals surface area (Å²) in [6.07, 6.45) is -2.29. The molecular formula is C6H13CaO11P. The molecule has 19 heavy (non-hydrogen) atoms. The third-order valence-electron chi connectivity index (χ3n) is 1.29. The minimum atomic E-state index is -4.64. The van der Waals surface area contributed by atoms with Crippen LogP contribution in [-0.4, -0.2) is 96.4 Å². The molecule has 0 atom stereocenters. The summed E-state index contributed by atoms with van der Waals surface area (Å²) in [6, 6.07) is 0. The summed E-state index contributed by atoms with van der Waals surface area (Å²) in [7, 11) is -4.64. The van der Waals surface area contributed by atoms with Crippen molar-refractivity contribution in [2.75, 3.05) is 0 Å². The number of aliphatic carboxylic acids is 3. The third-order valence-corrected chi connectivity index (χ3v) is 1.29. The van der Waals surface area contributed by atoms with Crippen LogP contribution >= 0.6 is 7.82 Å². The number of phosphoric acid groups is 1. The zero-order valence-electron chi connectivity index (χ0n) is 8.62. The molecular weight excluding hydrogens is 319 g/mol. The number of carbonyl (C=O) groups is 3. The van der Waals surface area contributed by atoms with Crippen LogP contribution in [0.25, 0.3) is 0 Å². The first-order chi connectivity index (χ1) is 7.78. The van der Waals surface area contributed by atoms with E-state index in [1.807, 2.05) is 0 Å². The molecule has 0 rings (SSSR count). The molecule has 0 amide bonds. The Kier molecular flexibility index (Phi) is 12.0. The van der Waals surface area contributed by atoms with Crippen LogP contribution < -0.4 is 0 Å². The van der Waals surface area contributed by atoms with Gasteiger partial charge in [-0.15, -0.1) is 0 Å². The molecule has 0 bridgehead atoms. The fourth-order valence-corrected chi connectivity index (χ4v) is 0.714. The van der Waals surface area contributed by atoms with E-state index < -0.39 is 44.2 Å². The minimum absolute atomic E-state index is 0. The molecule has 13 heteroatoms. The standard InChI is InChI=1S/C6H8O7.Ca.H3O4P.2H/c7-3(8)1-6(13,5(11)12)2-4(9)10;;1-5(2,3)4;;/h13H,1-2H2,(H,7,8)(H,9,10)(H,11,12);;(H3,1,2,3,4);;. The van der Waals surface area contributed by atoms with Gasteiger partial charge < -0.3 is 35.1 Å². The Morgan fingerprint density at radius 1 is 0.895 bits per heavy atom. The van der Waals surface area contributed by atoms with Gasteiger partial charge in [-0.25, -0.2) is 9.36 Å². The summed E-state index contributed by atoms with van der Waals surface area (Å²) in [4.78, 5) is 52.0. The fraction of sp³-hybridized carbons (Fsp3) is 0.500. The summed E-state index contributed by atoms with van der Waals surface area (Å²) < 4.78 is 8.88. The van der Waals surface area contributed by atoms with Crippen molar-refractivity contribution in [2.24, 2.45) is 0 Å². The quantitative estimate of drug-likeness (QED) is 0.198. The van der Waals surface area contributed by atoms with Gasteiger partial charge >= 0.3 is 63.5 Å². The van der Waals surface area contributed by atoms with Crippen LogP contribution in [0.4, 0.5) is 0 Å². The monoisotopic (exact) mass is 332 g/mol. The van der Waals surface area contributed by atoms with Gasteiger partial charge in [0.05, 0.1) is 12.8 Å². The average Bonchev–Trinajstić information content (AvgIpc) is 1.95. The van der Waals surface area contributed by atoms with Crippen LogP contribution in [0.15, 0.2) is 0 Å². The van der Waals surface area contributed by atoms with Crippen LogP contribution in [0.1, 0.15) is 12.8 Å².